The van der Waals surface area contributed by atoms with Gasteiger partial charge in [-0.05, 0) is 37.1 Å². The summed E-state index contributed by atoms with van der Waals surface area (Å²) in [5.41, 5.74) is 2.51. The standard InChI is InChI=1S/C22H19F3N6O3.CH2O2/c23-22(24,25)12-34-15-8-14(9-15)31-20(13-10-27-28-11-13)19(29-21(32)17-5-3-7-33-17)18(30-31)16-4-1-2-6-26-16;2-1-3/h1-7,10-11,14-15H,8-9,12H2,(H,27,28)(H,29,32);1H,(H,2,3). The van der Waals surface area contributed by atoms with Crippen LogP contribution in [0.15, 0.2) is 59.6 Å². The Kier molecular flexibility index (Phi) is 7.67. The molecular formula is C23H21F3N6O5. The molecule has 37 heavy (non-hydrogen) atoms. The van der Waals surface area contributed by atoms with Gasteiger partial charge in [0.15, 0.2) is 5.76 Å². The number of pyridine rings is 1. The molecule has 1 fully saturated rings. The Hall–Kier alpha value is -4.46. The van der Waals surface area contributed by atoms with Crippen LogP contribution in [-0.2, 0) is 9.53 Å². The second-order valence-corrected chi connectivity index (χ2v) is 7.93. The average molecular weight is 518 g/mol. The van der Waals surface area contributed by atoms with E-state index in [1.54, 1.807) is 47.5 Å². The molecular weight excluding hydrogens is 497 g/mol. The molecule has 0 unspecified atom stereocenters. The third-order valence-corrected chi connectivity index (χ3v) is 5.47. The number of carbonyl (C=O) groups excluding carboxylic acids is 1. The minimum Gasteiger partial charge on any atom is -0.483 e. The van der Waals surface area contributed by atoms with Gasteiger partial charge < -0.3 is 19.6 Å². The van der Waals surface area contributed by atoms with Crippen molar-refractivity contribution in [1.82, 2.24) is 25.0 Å². The highest BCUT2D eigenvalue weighted by atomic mass is 19.4. The first kappa shape index (κ1) is 25.6. The highest BCUT2D eigenvalue weighted by Crippen LogP contribution is 2.43. The van der Waals surface area contributed by atoms with E-state index in [4.69, 9.17) is 24.2 Å². The van der Waals surface area contributed by atoms with Gasteiger partial charge in [-0.25, -0.2) is 0 Å². The highest BCUT2D eigenvalue weighted by Gasteiger charge is 2.38. The van der Waals surface area contributed by atoms with Crippen molar-refractivity contribution >= 4 is 18.1 Å². The molecule has 3 N–H and O–H groups in total. The van der Waals surface area contributed by atoms with E-state index in [2.05, 4.69) is 20.5 Å². The van der Waals surface area contributed by atoms with E-state index in [0.717, 1.165) is 0 Å². The maximum atomic E-state index is 12.9. The largest absolute Gasteiger partial charge is 0.483 e. The Bertz CT molecular complexity index is 1300. The summed E-state index contributed by atoms with van der Waals surface area (Å²) >= 11 is 0. The number of hydrogen-bond donors (Lipinski definition) is 3. The molecule has 194 valence electrons. The molecule has 4 aromatic heterocycles. The van der Waals surface area contributed by atoms with E-state index in [1.807, 2.05) is 0 Å². The third-order valence-electron chi connectivity index (χ3n) is 5.47. The Labute approximate surface area is 207 Å². The number of furan rings is 1. The quantitative estimate of drug-likeness (QED) is 0.309. The number of aromatic amines is 1. The van der Waals surface area contributed by atoms with Crippen LogP contribution in [0.4, 0.5) is 18.9 Å². The first-order chi connectivity index (χ1) is 17.8. The number of carbonyl (C=O) groups is 2. The molecule has 11 nitrogen and oxygen atoms in total. The summed E-state index contributed by atoms with van der Waals surface area (Å²) in [6, 6.07) is 8.20. The number of carboxylic acid groups (broad SMARTS) is 1. The van der Waals surface area contributed by atoms with Crippen LogP contribution >= 0.6 is 0 Å². The van der Waals surface area contributed by atoms with Crippen molar-refractivity contribution in [2.45, 2.75) is 31.2 Å². The topological polar surface area (TPSA) is 148 Å². The number of rotatable bonds is 7. The Morgan fingerprint density at radius 3 is 2.68 bits per heavy atom. The monoisotopic (exact) mass is 518 g/mol. The van der Waals surface area contributed by atoms with E-state index >= 15 is 0 Å². The van der Waals surface area contributed by atoms with E-state index < -0.39 is 24.8 Å². The third kappa shape index (κ3) is 6.03. The van der Waals surface area contributed by atoms with Gasteiger partial charge in [-0.3, -0.25) is 24.4 Å². The number of amides is 1. The lowest BCUT2D eigenvalue weighted by molar-refractivity contribution is -0.196. The molecule has 1 aliphatic rings. The predicted octanol–water partition coefficient (Wildman–Crippen LogP) is 4.16. The van der Waals surface area contributed by atoms with Gasteiger partial charge in [-0.2, -0.15) is 23.4 Å². The van der Waals surface area contributed by atoms with Crippen LogP contribution in [0.2, 0.25) is 0 Å². The number of nitrogens with one attached hydrogen (secondary N) is 2. The van der Waals surface area contributed by atoms with Crippen LogP contribution in [0.1, 0.15) is 29.4 Å². The van der Waals surface area contributed by atoms with Crippen LogP contribution < -0.4 is 5.32 Å². The zero-order valence-electron chi connectivity index (χ0n) is 19.1. The summed E-state index contributed by atoms with van der Waals surface area (Å²) in [6.45, 7) is -1.54. The molecule has 4 heterocycles. The molecule has 1 aliphatic carbocycles. The number of ether oxygens (including phenoxy) is 1. The van der Waals surface area contributed by atoms with Crippen molar-refractivity contribution in [3.8, 4) is 22.6 Å². The fourth-order valence-corrected chi connectivity index (χ4v) is 3.83. The molecule has 4 aromatic rings. The average Bonchev–Trinajstić information content (AvgIpc) is 3.60. The number of hydrogen-bond acceptors (Lipinski definition) is 7. The van der Waals surface area contributed by atoms with Crippen LogP contribution in [0.5, 0.6) is 0 Å². The Morgan fingerprint density at radius 2 is 2.08 bits per heavy atom. The van der Waals surface area contributed by atoms with Crippen molar-refractivity contribution in [2.75, 3.05) is 11.9 Å². The van der Waals surface area contributed by atoms with Crippen LogP contribution in [0.3, 0.4) is 0 Å². The van der Waals surface area contributed by atoms with Gasteiger partial charge in [0.2, 0.25) is 0 Å². The van der Waals surface area contributed by atoms with Gasteiger partial charge >= 0.3 is 6.18 Å². The predicted molar refractivity (Wildman–Crippen MR) is 122 cm³/mol. The second kappa shape index (κ2) is 11.1. The zero-order chi connectivity index (χ0) is 26.4. The van der Waals surface area contributed by atoms with Crippen molar-refractivity contribution < 1.29 is 37.0 Å². The van der Waals surface area contributed by atoms with Crippen molar-refractivity contribution in [1.29, 1.82) is 0 Å². The summed E-state index contributed by atoms with van der Waals surface area (Å²) in [4.78, 5) is 25.6. The summed E-state index contributed by atoms with van der Waals surface area (Å²) in [5.74, 6) is -0.367. The summed E-state index contributed by atoms with van der Waals surface area (Å²) < 4.78 is 49.5. The first-order valence-electron chi connectivity index (χ1n) is 10.9. The fourth-order valence-electron chi connectivity index (χ4n) is 3.83. The fraction of sp³-hybridized carbons (Fsp3) is 0.261. The minimum atomic E-state index is -4.38. The molecule has 0 aliphatic heterocycles. The molecule has 0 bridgehead atoms. The molecule has 0 radical (unpaired) electrons. The molecule has 0 saturated heterocycles. The zero-order valence-corrected chi connectivity index (χ0v) is 19.1. The lowest BCUT2D eigenvalue weighted by atomic mass is 9.89. The van der Waals surface area contributed by atoms with E-state index in [9.17, 15) is 18.0 Å². The smallest absolute Gasteiger partial charge is 0.411 e. The van der Waals surface area contributed by atoms with Gasteiger partial charge in [0.1, 0.15) is 12.3 Å². The van der Waals surface area contributed by atoms with E-state index in [1.165, 1.54) is 12.3 Å². The van der Waals surface area contributed by atoms with E-state index in [-0.39, 0.29) is 18.3 Å². The van der Waals surface area contributed by atoms with Gasteiger partial charge in [0.25, 0.3) is 12.4 Å². The number of aromatic nitrogens is 5. The van der Waals surface area contributed by atoms with Crippen LogP contribution in [0, 0.1) is 0 Å². The lowest BCUT2D eigenvalue weighted by Crippen LogP contribution is -2.36. The second-order valence-electron chi connectivity index (χ2n) is 7.93. The summed E-state index contributed by atoms with van der Waals surface area (Å²) in [7, 11) is 0. The molecule has 1 saturated carbocycles. The number of H-pyrrole nitrogens is 1. The lowest BCUT2D eigenvalue weighted by Gasteiger charge is -2.36. The molecule has 1 amide bonds. The van der Waals surface area contributed by atoms with Crippen LogP contribution in [-0.4, -0.2) is 61.3 Å². The number of alkyl halides is 3. The van der Waals surface area contributed by atoms with Crippen molar-refractivity contribution in [2.24, 2.45) is 0 Å². The van der Waals surface area contributed by atoms with E-state index in [0.29, 0.717) is 41.2 Å². The summed E-state index contributed by atoms with van der Waals surface area (Å²) in [5, 5.41) is 21.2. The van der Waals surface area contributed by atoms with Gasteiger partial charge in [-0.15, -0.1) is 0 Å². The maximum Gasteiger partial charge on any atom is 0.411 e. The molecule has 0 spiro atoms. The first-order valence-corrected chi connectivity index (χ1v) is 10.9. The Balaban J connectivity index is 0.00000102. The SMILES string of the molecule is O=C(Nc1c(-c2ccccn2)nn(C2CC(OCC(F)(F)F)C2)c1-c1cn[nH]c1)c1ccco1.O=CO. The number of halogens is 3. The molecule has 0 aromatic carbocycles. The minimum absolute atomic E-state index is 0.113. The highest BCUT2D eigenvalue weighted by molar-refractivity contribution is 6.06. The molecule has 0 atom stereocenters. The van der Waals surface area contributed by atoms with Gasteiger partial charge in [-0.1, -0.05) is 6.07 Å². The maximum absolute atomic E-state index is 12.9. The molecule has 14 heteroatoms. The van der Waals surface area contributed by atoms with Gasteiger partial charge in [0.05, 0.1) is 41.7 Å². The van der Waals surface area contributed by atoms with Crippen LogP contribution in [0.25, 0.3) is 22.6 Å². The van der Waals surface area contributed by atoms with Gasteiger partial charge in [0, 0.05) is 18.0 Å². The molecule has 5 rings (SSSR count). The normalized spacial score (nSPS) is 16.8. The Morgan fingerprint density at radius 1 is 1.30 bits per heavy atom. The van der Waals surface area contributed by atoms with Crippen molar-refractivity contribution in [3.05, 3.63) is 60.9 Å². The van der Waals surface area contributed by atoms with Crippen molar-refractivity contribution in [3.63, 3.8) is 0 Å². The summed E-state index contributed by atoms with van der Waals surface area (Å²) in [6.07, 6.45) is 1.99. The number of nitrogens with zero attached hydrogens (tertiary/aromatic N) is 4. The number of anilines is 1.